The van der Waals surface area contributed by atoms with E-state index in [1.54, 1.807) is 30.4 Å². The van der Waals surface area contributed by atoms with Gasteiger partial charge >= 0.3 is 6.18 Å². The summed E-state index contributed by atoms with van der Waals surface area (Å²) < 4.78 is 59.4. The predicted octanol–water partition coefficient (Wildman–Crippen LogP) is 6.27. The molecule has 0 saturated carbocycles. The molecule has 2 N–H and O–H groups in total. The first-order chi connectivity index (χ1) is 18.1. The minimum Gasteiger partial charge on any atom is -0.504 e. The number of nitrogens with one attached hydrogen (secondary N) is 1. The topological polar surface area (TPSA) is 86.2 Å². The summed E-state index contributed by atoms with van der Waals surface area (Å²) in [6, 6.07) is 10.9. The lowest BCUT2D eigenvalue weighted by atomic mass is 10.1. The van der Waals surface area contributed by atoms with Crippen LogP contribution in [0, 0.1) is 0 Å². The molecule has 0 aliphatic carbocycles. The second kappa shape index (κ2) is 12.1. The summed E-state index contributed by atoms with van der Waals surface area (Å²) in [4.78, 5) is 12.5. The van der Waals surface area contributed by atoms with Gasteiger partial charge in [0.25, 0.3) is 0 Å². The highest BCUT2D eigenvalue weighted by molar-refractivity contribution is 6.03. The third-order valence-electron chi connectivity index (χ3n) is 5.37. The van der Waals surface area contributed by atoms with Crippen LogP contribution in [0.25, 0.3) is 18.2 Å². The van der Waals surface area contributed by atoms with Gasteiger partial charge < -0.3 is 29.4 Å². The van der Waals surface area contributed by atoms with E-state index < -0.39 is 17.6 Å². The molecule has 0 aliphatic heterocycles. The van der Waals surface area contributed by atoms with Gasteiger partial charge in [-0.05, 0) is 59.2 Å². The smallest absolute Gasteiger partial charge is 0.416 e. The van der Waals surface area contributed by atoms with Gasteiger partial charge in [-0.1, -0.05) is 24.3 Å². The number of carbonyl (C=O) groups is 1. The summed E-state index contributed by atoms with van der Waals surface area (Å²) in [5, 5.41) is 13.1. The van der Waals surface area contributed by atoms with E-state index in [9.17, 15) is 23.1 Å². The van der Waals surface area contributed by atoms with Crippen LogP contribution in [0.15, 0.2) is 54.6 Å². The molecule has 0 atom stereocenters. The quantitative estimate of drug-likeness (QED) is 0.251. The molecule has 0 aromatic heterocycles. The summed E-state index contributed by atoms with van der Waals surface area (Å²) >= 11 is 0. The first kappa shape index (κ1) is 28.0. The number of methoxy groups -OCH3 is 4. The maximum Gasteiger partial charge on any atom is 0.416 e. The number of rotatable bonds is 9. The predicted molar refractivity (Wildman–Crippen MR) is 139 cm³/mol. The van der Waals surface area contributed by atoms with Crippen molar-refractivity contribution < 1.29 is 42.0 Å². The summed E-state index contributed by atoms with van der Waals surface area (Å²) in [7, 11) is 5.86. The molecular formula is C28H26F3NO6. The van der Waals surface area contributed by atoms with Gasteiger partial charge in [0.05, 0.1) is 39.7 Å². The number of phenols is 1. The molecule has 0 fully saturated rings. The van der Waals surface area contributed by atoms with Crippen LogP contribution in [0.5, 0.6) is 28.7 Å². The molecular weight excluding hydrogens is 503 g/mol. The van der Waals surface area contributed by atoms with Gasteiger partial charge in [0.2, 0.25) is 11.7 Å². The lowest BCUT2D eigenvalue weighted by Crippen LogP contribution is -2.09. The number of ether oxygens (including phenoxy) is 4. The van der Waals surface area contributed by atoms with Crippen molar-refractivity contribution >= 4 is 29.8 Å². The fraction of sp³-hybridized carbons (Fsp3) is 0.179. The molecule has 3 aromatic carbocycles. The van der Waals surface area contributed by atoms with E-state index in [0.29, 0.717) is 28.4 Å². The second-order valence-electron chi connectivity index (χ2n) is 7.86. The number of aromatic hydroxyl groups is 1. The fourth-order valence-corrected chi connectivity index (χ4v) is 3.56. The van der Waals surface area contributed by atoms with Gasteiger partial charge in [-0.15, -0.1) is 0 Å². The highest BCUT2D eigenvalue weighted by atomic mass is 19.4. The normalized spacial score (nSPS) is 11.6. The van der Waals surface area contributed by atoms with E-state index in [1.807, 2.05) is 0 Å². The van der Waals surface area contributed by atoms with E-state index in [2.05, 4.69) is 5.32 Å². The Morgan fingerprint density at radius 2 is 1.32 bits per heavy atom. The number of phenolic OH excluding ortho intramolecular Hbond substituents is 1. The van der Waals surface area contributed by atoms with E-state index in [4.69, 9.17) is 18.9 Å². The zero-order valence-electron chi connectivity index (χ0n) is 21.1. The molecule has 7 nitrogen and oxygen atoms in total. The van der Waals surface area contributed by atoms with Crippen molar-refractivity contribution in [3.8, 4) is 28.7 Å². The van der Waals surface area contributed by atoms with E-state index in [0.717, 1.165) is 23.8 Å². The zero-order valence-corrected chi connectivity index (χ0v) is 21.1. The van der Waals surface area contributed by atoms with Crippen LogP contribution in [-0.4, -0.2) is 39.5 Å². The molecule has 1 amide bonds. The van der Waals surface area contributed by atoms with Gasteiger partial charge in [-0.2, -0.15) is 13.2 Å². The van der Waals surface area contributed by atoms with Crippen LogP contribution in [0.2, 0.25) is 0 Å². The van der Waals surface area contributed by atoms with E-state index in [-0.39, 0.29) is 17.2 Å². The van der Waals surface area contributed by atoms with Crippen molar-refractivity contribution in [3.63, 3.8) is 0 Å². The van der Waals surface area contributed by atoms with Crippen molar-refractivity contribution in [1.29, 1.82) is 0 Å². The third-order valence-corrected chi connectivity index (χ3v) is 5.37. The summed E-state index contributed by atoms with van der Waals surface area (Å²) in [6.45, 7) is 0. The van der Waals surface area contributed by atoms with Gasteiger partial charge in [0, 0.05) is 6.08 Å². The number of anilines is 1. The minimum atomic E-state index is -4.44. The molecule has 0 saturated heterocycles. The zero-order chi connectivity index (χ0) is 27.9. The Labute approximate surface area is 217 Å². The van der Waals surface area contributed by atoms with Crippen LogP contribution < -0.4 is 24.3 Å². The van der Waals surface area contributed by atoms with Crippen LogP contribution in [-0.2, 0) is 11.0 Å². The van der Waals surface area contributed by atoms with Crippen molar-refractivity contribution in [2.45, 2.75) is 6.18 Å². The Bertz CT molecular complexity index is 1320. The van der Waals surface area contributed by atoms with Crippen molar-refractivity contribution in [2.24, 2.45) is 0 Å². The van der Waals surface area contributed by atoms with E-state index >= 15 is 0 Å². The Kier molecular flexibility index (Phi) is 8.90. The lowest BCUT2D eigenvalue weighted by molar-refractivity contribution is -0.137. The second-order valence-corrected chi connectivity index (χ2v) is 7.86. The molecule has 0 bridgehead atoms. The monoisotopic (exact) mass is 529 g/mol. The minimum absolute atomic E-state index is 0.0474. The van der Waals surface area contributed by atoms with Gasteiger partial charge in [0.1, 0.15) is 0 Å². The molecule has 0 aliphatic rings. The van der Waals surface area contributed by atoms with Gasteiger partial charge in [-0.25, -0.2) is 0 Å². The number of hydrogen-bond donors (Lipinski definition) is 2. The number of halogens is 3. The van der Waals surface area contributed by atoms with Gasteiger partial charge in [-0.3, -0.25) is 4.79 Å². The Balaban J connectivity index is 1.83. The largest absolute Gasteiger partial charge is 0.504 e. The fourth-order valence-electron chi connectivity index (χ4n) is 3.56. The Morgan fingerprint density at radius 3 is 1.82 bits per heavy atom. The summed E-state index contributed by atoms with van der Waals surface area (Å²) in [5.41, 5.74) is 1.08. The number of amides is 1. The standard InChI is InChI=1S/C28H26F3NO6/c1-35-23-15-19(16-24(36-2)27(23)38-4)6-5-18-13-21(26(37-3)22(33)14-18)32-25(34)12-9-17-7-10-20(11-8-17)28(29,30)31/h5-16,33H,1-4H3,(H,32,34)/b6-5+,12-9+. The molecule has 10 heteroatoms. The summed E-state index contributed by atoms with van der Waals surface area (Å²) in [5.74, 6) is 0.651. The molecule has 0 spiro atoms. The van der Waals surface area contributed by atoms with Crippen LogP contribution in [0.4, 0.5) is 18.9 Å². The van der Waals surface area contributed by atoms with E-state index in [1.165, 1.54) is 52.7 Å². The molecule has 3 rings (SSSR count). The van der Waals surface area contributed by atoms with Crippen molar-refractivity contribution in [2.75, 3.05) is 33.8 Å². The van der Waals surface area contributed by atoms with Crippen LogP contribution in [0.1, 0.15) is 22.3 Å². The number of benzene rings is 3. The molecule has 0 unspecified atom stereocenters. The molecule has 38 heavy (non-hydrogen) atoms. The Hall–Kier alpha value is -4.60. The molecule has 0 radical (unpaired) electrons. The van der Waals surface area contributed by atoms with Crippen LogP contribution >= 0.6 is 0 Å². The number of alkyl halides is 3. The average Bonchev–Trinajstić information content (AvgIpc) is 2.89. The van der Waals surface area contributed by atoms with Gasteiger partial charge in [0.15, 0.2) is 23.0 Å². The average molecular weight is 530 g/mol. The van der Waals surface area contributed by atoms with Crippen molar-refractivity contribution in [3.05, 3.63) is 76.9 Å². The number of carbonyl (C=O) groups excluding carboxylic acids is 1. The Morgan fingerprint density at radius 1 is 0.763 bits per heavy atom. The highest BCUT2D eigenvalue weighted by Gasteiger charge is 2.29. The maximum absolute atomic E-state index is 12.7. The lowest BCUT2D eigenvalue weighted by Gasteiger charge is -2.13. The highest BCUT2D eigenvalue weighted by Crippen LogP contribution is 2.39. The molecule has 3 aromatic rings. The first-order valence-electron chi connectivity index (χ1n) is 11.1. The third kappa shape index (κ3) is 6.78. The van der Waals surface area contributed by atoms with Crippen molar-refractivity contribution in [1.82, 2.24) is 0 Å². The summed E-state index contributed by atoms with van der Waals surface area (Å²) in [6.07, 6.45) is 1.55. The molecule has 0 heterocycles. The molecule has 200 valence electrons. The SMILES string of the molecule is COc1cc(/C=C/c2cc(O)c(OC)c(NC(=O)/C=C/c3ccc(C(F)(F)F)cc3)c2)cc(OC)c1OC. The number of hydrogen-bond acceptors (Lipinski definition) is 6. The van der Waals surface area contributed by atoms with Crippen LogP contribution in [0.3, 0.4) is 0 Å². The first-order valence-corrected chi connectivity index (χ1v) is 11.1. The maximum atomic E-state index is 12.7.